The largest absolute Gasteiger partial charge is 0.279 e. The van der Waals surface area contributed by atoms with Crippen molar-refractivity contribution < 1.29 is 8.42 Å². The van der Waals surface area contributed by atoms with Gasteiger partial charge in [0.15, 0.2) is 15.1 Å². The molecule has 100 valence electrons. The van der Waals surface area contributed by atoms with Crippen molar-refractivity contribution in [1.29, 1.82) is 0 Å². The monoisotopic (exact) mass is 307 g/mol. The topological polar surface area (TPSA) is 63.5 Å². The van der Waals surface area contributed by atoms with Crippen molar-refractivity contribution in [1.82, 2.24) is 14.1 Å². The number of sulfonamides is 1. The standard InChI is InChI=1S/C10H14ClN3O2S2/c1-6(2)7(3)13-18(15,16)9-8(11)12-10-14(9)4-5-17-10/h4-7,13H,1-3H3. The number of hydrogen-bond acceptors (Lipinski definition) is 4. The molecule has 0 aliphatic heterocycles. The molecular formula is C10H14ClN3O2S2. The van der Waals surface area contributed by atoms with Gasteiger partial charge in [-0.2, -0.15) is 0 Å². The Morgan fingerprint density at radius 1 is 1.44 bits per heavy atom. The van der Waals surface area contributed by atoms with E-state index in [-0.39, 0.29) is 22.1 Å². The predicted molar refractivity (Wildman–Crippen MR) is 72.7 cm³/mol. The Morgan fingerprint density at radius 3 is 2.72 bits per heavy atom. The van der Waals surface area contributed by atoms with Crippen LogP contribution in [0.3, 0.4) is 0 Å². The minimum atomic E-state index is -3.66. The summed E-state index contributed by atoms with van der Waals surface area (Å²) < 4.78 is 28.7. The van der Waals surface area contributed by atoms with Gasteiger partial charge < -0.3 is 0 Å². The van der Waals surface area contributed by atoms with Crippen LogP contribution in [0, 0.1) is 5.92 Å². The summed E-state index contributed by atoms with van der Waals surface area (Å²) >= 11 is 7.25. The van der Waals surface area contributed by atoms with Crippen LogP contribution < -0.4 is 4.72 Å². The number of rotatable bonds is 4. The van der Waals surface area contributed by atoms with Gasteiger partial charge in [0.05, 0.1) is 0 Å². The van der Waals surface area contributed by atoms with Gasteiger partial charge in [-0.1, -0.05) is 25.4 Å². The van der Waals surface area contributed by atoms with Gasteiger partial charge in [0.2, 0.25) is 0 Å². The molecule has 0 bridgehead atoms. The van der Waals surface area contributed by atoms with Crippen molar-refractivity contribution in [3.63, 3.8) is 0 Å². The highest BCUT2D eigenvalue weighted by Gasteiger charge is 2.27. The summed E-state index contributed by atoms with van der Waals surface area (Å²) in [6.45, 7) is 5.72. The molecule has 0 radical (unpaired) electrons. The lowest BCUT2D eigenvalue weighted by atomic mass is 10.1. The quantitative estimate of drug-likeness (QED) is 0.943. The first-order chi connectivity index (χ1) is 8.33. The van der Waals surface area contributed by atoms with Crippen LogP contribution in [0.25, 0.3) is 4.96 Å². The predicted octanol–water partition coefficient (Wildman–Crippen LogP) is 2.37. The second kappa shape index (κ2) is 4.80. The van der Waals surface area contributed by atoms with Crippen molar-refractivity contribution >= 4 is 37.9 Å². The van der Waals surface area contributed by atoms with Crippen molar-refractivity contribution in [2.24, 2.45) is 5.92 Å². The molecule has 0 aliphatic carbocycles. The number of halogens is 1. The van der Waals surface area contributed by atoms with Crippen LogP contribution in [0.2, 0.25) is 5.15 Å². The number of nitrogens with one attached hydrogen (secondary N) is 1. The maximum absolute atomic E-state index is 12.3. The van der Waals surface area contributed by atoms with Gasteiger partial charge in [0.25, 0.3) is 10.0 Å². The second-order valence-electron chi connectivity index (χ2n) is 4.42. The number of hydrogen-bond donors (Lipinski definition) is 1. The molecule has 18 heavy (non-hydrogen) atoms. The third-order valence-electron chi connectivity index (χ3n) is 2.77. The number of aromatic nitrogens is 2. The Labute approximate surface area is 115 Å². The number of imidazole rings is 1. The van der Waals surface area contributed by atoms with Crippen LogP contribution in [0.1, 0.15) is 20.8 Å². The molecule has 1 atom stereocenters. The van der Waals surface area contributed by atoms with E-state index in [0.717, 1.165) is 0 Å². The molecule has 0 aliphatic rings. The Bertz CT molecular complexity index is 660. The Hall–Kier alpha value is -0.630. The fourth-order valence-electron chi connectivity index (χ4n) is 1.42. The molecule has 5 nitrogen and oxygen atoms in total. The van der Waals surface area contributed by atoms with E-state index in [9.17, 15) is 8.42 Å². The summed E-state index contributed by atoms with van der Waals surface area (Å²) in [4.78, 5) is 4.59. The molecule has 1 N–H and O–H groups in total. The van der Waals surface area contributed by atoms with Crippen LogP contribution in [-0.2, 0) is 10.0 Å². The van der Waals surface area contributed by atoms with Gasteiger partial charge >= 0.3 is 0 Å². The highest BCUT2D eigenvalue weighted by molar-refractivity contribution is 7.89. The zero-order valence-corrected chi connectivity index (χ0v) is 12.6. The van der Waals surface area contributed by atoms with E-state index < -0.39 is 10.0 Å². The third-order valence-corrected chi connectivity index (χ3v) is 5.49. The lowest BCUT2D eigenvalue weighted by Crippen LogP contribution is -2.36. The average Bonchev–Trinajstić information content (AvgIpc) is 2.75. The summed E-state index contributed by atoms with van der Waals surface area (Å²) in [7, 11) is -3.66. The Kier molecular flexibility index (Phi) is 3.68. The van der Waals surface area contributed by atoms with Gasteiger partial charge in [0.1, 0.15) is 0 Å². The maximum Gasteiger partial charge on any atom is 0.260 e. The van der Waals surface area contributed by atoms with E-state index in [2.05, 4.69) is 9.71 Å². The Morgan fingerprint density at radius 2 is 2.11 bits per heavy atom. The molecule has 2 aromatic heterocycles. The Balaban J connectivity index is 2.46. The summed E-state index contributed by atoms with van der Waals surface area (Å²) in [5.41, 5.74) is 0. The molecular weight excluding hydrogens is 294 g/mol. The normalized spacial score (nSPS) is 14.5. The van der Waals surface area contributed by atoms with Crippen LogP contribution in [-0.4, -0.2) is 23.8 Å². The molecule has 0 fully saturated rings. The van der Waals surface area contributed by atoms with Gasteiger partial charge in [0, 0.05) is 17.6 Å². The molecule has 0 aromatic carbocycles. The second-order valence-corrected chi connectivity index (χ2v) is 7.28. The SMILES string of the molecule is CC(C)C(C)NS(=O)(=O)c1c(Cl)nc2sccn12. The molecule has 2 heterocycles. The van der Waals surface area contributed by atoms with Crippen LogP contribution in [0.4, 0.5) is 0 Å². The highest BCUT2D eigenvalue weighted by Crippen LogP contribution is 2.25. The summed E-state index contributed by atoms with van der Waals surface area (Å²) in [6, 6.07) is -0.171. The van der Waals surface area contributed by atoms with Crippen molar-refractivity contribution in [3.8, 4) is 0 Å². The zero-order chi connectivity index (χ0) is 13.5. The van der Waals surface area contributed by atoms with E-state index in [0.29, 0.717) is 4.96 Å². The minimum absolute atomic E-state index is 0.00491. The van der Waals surface area contributed by atoms with E-state index in [1.165, 1.54) is 15.7 Å². The highest BCUT2D eigenvalue weighted by atomic mass is 35.5. The molecule has 2 aromatic rings. The van der Waals surface area contributed by atoms with Crippen LogP contribution >= 0.6 is 22.9 Å². The summed E-state index contributed by atoms with van der Waals surface area (Å²) in [5, 5.41) is 1.78. The minimum Gasteiger partial charge on any atom is -0.279 e. The van der Waals surface area contributed by atoms with Crippen LogP contribution in [0.5, 0.6) is 0 Å². The first kappa shape index (κ1) is 13.8. The van der Waals surface area contributed by atoms with E-state index >= 15 is 0 Å². The van der Waals surface area contributed by atoms with Crippen molar-refractivity contribution in [3.05, 3.63) is 16.7 Å². The van der Waals surface area contributed by atoms with Crippen molar-refractivity contribution in [2.75, 3.05) is 0 Å². The third kappa shape index (κ3) is 2.40. The van der Waals surface area contributed by atoms with Gasteiger partial charge in [-0.15, -0.1) is 11.3 Å². The molecule has 0 spiro atoms. The number of nitrogens with zero attached hydrogens (tertiary/aromatic N) is 2. The van der Waals surface area contributed by atoms with E-state index in [1.807, 2.05) is 20.8 Å². The summed E-state index contributed by atoms with van der Waals surface area (Å²) in [6.07, 6.45) is 1.65. The van der Waals surface area contributed by atoms with E-state index in [1.54, 1.807) is 11.6 Å². The van der Waals surface area contributed by atoms with E-state index in [4.69, 9.17) is 11.6 Å². The molecule has 0 saturated heterocycles. The lowest BCUT2D eigenvalue weighted by molar-refractivity contribution is 0.475. The number of fused-ring (bicyclic) bond motifs is 1. The molecule has 8 heteroatoms. The summed E-state index contributed by atoms with van der Waals surface area (Å²) in [5.74, 6) is 0.199. The fourth-order valence-corrected chi connectivity index (χ4v) is 4.26. The smallest absolute Gasteiger partial charge is 0.260 e. The molecule has 1 unspecified atom stereocenters. The van der Waals surface area contributed by atoms with Gasteiger partial charge in [-0.05, 0) is 12.8 Å². The van der Waals surface area contributed by atoms with Crippen molar-refractivity contribution in [2.45, 2.75) is 31.8 Å². The number of thiazole rings is 1. The van der Waals surface area contributed by atoms with Gasteiger partial charge in [-0.25, -0.2) is 18.1 Å². The van der Waals surface area contributed by atoms with Gasteiger partial charge in [-0.3, -0.25) is 4.40 Å². The zero-order valence-electron chi connectivity index (χ0n) is 10.2. The fraction of sp³-hybridized carbons (Fsp3) is 0.500. The average molecular weight is 308 g/mol. The molecule has 0 saturated carbocycles. The van der Waals surface area contributed by atoms with Crippen LogP contribution in [0.15, 0.2) is 16.6 Å². The molecule has 2 rings (SSSR count). The molecule has 0 amide bonds. The first-order valence-corrected chi connectivity index (χ1v) is 8.20. The first-order valence-electron chi connectivity index (χ1n) is 5.46. The maximum atomic E-state index is 12.3. The lowest BCUT2D eigenvalue weighted by Gasteiger charge is -2.17.